The van der Waals surface area contributed by atoms with Gasteiger partial charge >= 0.3 is 5.97 Å². The van der Waals surface area contributed by atoms with Crippen molar-refractivity contribution in [2.24, 2.45) is 0 Å². The van der Waals surface area contributed by atoms with Gasteiger partial charge in [0.15, 0.2) is 0 Å². The van der Waals surface area contributed by atoms with Crippen molar-refractivity contribution in [1.82, 2.24) is 4.98 Å². The largest absolute Gasteiger partial charge is 0.466 e. The normalized spacial score (nSPS) is 9.40. The molecule has 0 radical (unpaired) electrons. The van der Waals surface area contributed by atoms with Crippen LogP contribution in [0.1, 0.15) is 18.2 Å². The summed E-state index contributed by atoms with van der Waals surface area (Å²) in [6, 6.07) is 5.01. The molecular formula is C10H9ClN2O2. The number of carbonyl (C=O) groups excluding carboxylic acids is 1. The second-order valence-corrected chi connectivity index (χ2v) is 3.09. The predicted octanol–water partition coefficient (Wildman–Crippen LogP) is 1.71. The molecular weight excluding hydrogens is 216 g/mol. The van der Waals surface area contributed by atoms with Gasteiger partial charge in [-0.05, 0) is 19.1 Å². The smallest absolute Gasteiger partial charge is 0.311 e. The van der Waals surface area contributed by atoms with Gasteiger partial charge in [-0.15, -0.1) is 0 Å². The Labute approximate surface area is 92.4 Å². The second kappa shape index (κ2) is 5.32. The van der Waals surface area contributed by atoms with Gasteiger partial charge in [-0.25, -0.2) is 4.98 Å². The van der Waals surface area contributed by atoms with Crippen LogP contribution in [0.15, 0.2) is 12.1 Å². The summed E-state index contributed by atoms with van der Waals surface area (Å²) in [5.41, 5.74) is 0.793. The minimum absolute atomic E-state index is 0.0687. The van der Waals surface area contributed by atoms with E-state index in [2.05, 4.69) is 4.98 Å². The number of nitrogens with zero attached hydrogens (tertiary/aromatic N) is 2. The molecule has 1 heterocycles. The lowest BCUT2D eigenvalue weighted by Gasteiger charge is -2.02. The SMILES string of the molecule is CCOC(=O)Cc1ccc(C#N)c(Cl)n1. The molecule has 0 aliphatic carbocycles. The van der Waals surface area contributed by atoms with Crippen LogP contribution < -0.4 is 0 Å². The molecule has 0 fully saturated rings. The highest BCUT2D eigenvalue weighted by Crippen LogP contribution is 2.12. The molecule has 0 aromatic carbocycles. The molecule has 0 aliphatic heterocycles. The van der Waals surface area contributed by atoms with Crippen molar-refractivity contribution in [1.29, 1.82) is 5.26 Å². The Hall–Kier alpha value is -1.60. The van der Waals surface area contributed by atoms with Crippen LogP contribution in [0.4, 0.5) is 0 Å². The lowest BCUT2D eigenvalue weighted by atomic mass is 10.2. The molecule has 1 aromatic rings. The molecule has 0 saturated heterocycles. The van der Waals surface area contributed by atoms with E-state index in [0.29, 0.717) is 17.9 Å². The lowest BCUT2D eigenvalue weighted by Crippen LogP contribution is -2.08. The van der Waals surface area contributed by atoms with Gasteiger partial charge in [0.1, 0.15) is 11.2 Å². The van der Waals surface area contributed by atoms with E-state index in [1.165, 1.54) is 6.07 Å². The summed E-state index contributed by atoms with van der Waals surface area (Å²) in [6.45, 7) is 2.07. The molecule has 1 rings (SSSR count). The Morgan fingerprint density at radius 1 is 1.67 bits per heavy atom. The summed E-state index contributed by atoms with van der Waals surface area (Å²) < 4.78 is 4.76. The van der Waals surface area contributed by atoms with Crippen LogP contribution in [0.2, 0.25) is 5.15 Å². The molecule has 0 saturated carbocycles. The third-order valence-corrected chi connectivity index (χ3v) is 1.95. The quantitative estimate of drug-likeness (QED) is 0.579. The highest BCUT2D eigenvalue weighted by molar-refractivity contribution is 6.30. The average Bonchev–Trinajstić information content (AvgIpc) is 2.18. The fourth-order valence-electron chi connectivity index (χ4n) is 1.01. The number of hydrogen-bond donors (Lipinski definition) is 0. The Morgan fingerprint density at radius 2 is 2.40 bits per heavy atom. The zero-order valence-electron chi connectivity index (χ0n) is 8.16. The fourth-order valence-corrected chi connectivity index (χ4v) is 1.23. The van der Waals surface area contributed by atoms with Gasteiger partial charge in [0.25, 0.3) is 0 Å². The number of carbonyl (C=O) groups is 1. The molecule has 0 unspecified atom stereocenters. The van der Waals surface area contributed by atoms with Gasteiger partial charge in [0.05, 0.1) is 24.3 Å². The number of rotatable bonds is 3. The van der Waals surface area contributed by atoms with Crippen LogP contribution in [-0.2, 0) is 16.0 Å². The van der Waals surface area contributed by atoms with Crippen LogP contribution in [0.25, 0.3) is 0 Å². The van der Waals surface area contributed by atoms with Crippen LogP contribution >= 0.6 is 11.6 Å². The predicted molar refractivity (Wildman–Crippen MR) is 54.3 cm³/mol. The Balaban J connectivity index is 2.76. The first kappa shape index (κ1) is 11.5. The van der Waals surface area contributed by atoms with Crippen LogP contribution in [0, 0.1) is 11.3 Å². The number of esters is 1. The molecule has 15 heavy (non-hydrogen) atoms. The number of halogens is 1. The molecule has 0 spiro atoms. The maximum Gasteiger partial charge on any atom is 0.311 e. The van der Waals surface area contributed by atoms with E-state index in [-0.39, 0.29) is 17.5 Å². The van der Waals surface area contributed by atoms with E-state index in [4.69, 9.17) is 21.6 Å². The summed E-state index contributed by atoms with van der Waals surface area (Å²) in [6.07, 6.45) is 0.0687. The summed E-state index contributed by atoms with van der Waals surface area (Å²) in [5.74, 6) is -0.356. The van der Waals surface area contributed by atoms with Gasteiger partial charge in [-0.1, -0.05) is 11.6 Å². The number of pyridine rings is 1. The number of aromatic nitrogens is 1. The minimum atomic E-state index is -0.356. The van der Waals surface area contributed by atoms with Gasteiger partial charge < -0.3 is 4.74 Å². The molecule has 0 bridgehead atoms. The fraction of sp³-hybridized carbons (Fsp3) is 0.300. The maximum atomic E-state index is 11.1. The van der Waals surface area contributed by atoms with E-state index in [1.54, 1.807) is 13.0 Å². The van der Waals surface area contributed by atoms with E-state index >= 15 is 0 Å². The monoisotopic (exact) mass is 224 g/mol. The van der Waals surface area contributed by atoms with Crippen molar-refractivity contribution in [2.75, 3.05) is 6.61 Å². The number of hydrogen-bond acceptors (Lipinski definition) is 4. The first-order valence-corrected chi connectivity index (χ1v) is 4.76. The van der Waals surface area contributed by atoms with Crippen molar-refractivity contribution >= 4 is 17.6 Å². The number of ether oxygens (including phenoxy) is 1. The molecule has 0 aliphatic rings. The first-order chi connectivity index (χ1) is 7.17. The van der Waals surface area contributed by atoms with Crippen molar-refractivity contribution in [3.63, 3.8) is 0 Å². The third-order valence-electron chi connectivity index (χ3n) is 1.66. The molecule has 0 atom stereocenters. The van der Waals surface area contributed by atoms with E-state index in [0.717, 1.165) is 0 Å². The molecule has 78 valence electrons. The average molecular weight is 225 g/mol. The highest BCUT2D eigenvalue weighted by atomic mass is 35.5. The van der Waals surface area contributed by atoms with Gasteiger partial charge in [0, 0.05) is 0 Å². The summed E-state index contributed by atoms with van der Waals surface area (Å²) in [7, 11) is 0. The highest BCUT2D eigenvalue weighted by Gasteiger charge is 2.07. The number of nitriles is 1. The van der Waals surface area contributed by atoms with E-state index in [9.17, 15) is 4.79 Å². The standard InChI is InChI=1S/C10H9ClN2O2/c1-2-15-9(14)5-8-4-3-7(6-12)10(11)13-8/h3-4H,2,5H2,1H3. The van der Waals surface area contributed by atoms with Gasteiger partial charge in [-0.2, -0.15) is 5.26 Å². The Kier molecular flexibility index (Phi) is 4.07. The van der Waals surface area contributed by atoms with Crippen molar-refractivity contribution in [3.8, 4) is 6.07 Å². The summed E-state index contributed by atoms with van der Waals surface area (Å²) in [4.78, 5) is 15.0. The summed E-state index contributed by atoms with van der Waals surface area (Å²) >= 11 is 5.70. The van der Waals surface area contributed by atoms with Gasteiger partial charge in [-0.3, -0.25) is 4.79 Å². The zero-order chi connectivity index (χ0) is 11.3. The molecule has 4 nitrogen and oxygen atoms in total. The maximum absolute atomic E-state index is 11.1. The minimum Gasteiger partial charge on any atom is -0.466 e. The first-order valence-electron chi connectivity index (χ1n) is 4.38. The van der Waals surface area contributed by atoms with Crippen molar-refractivity contribution < 1.29 is 9.53 Å². The van der Waals surface area contributed by atoms with Crippen LogP contribution in [-0.4, -0.2) is 17.6 Å². The third kappa shape index (κ3) is 3.22. The molecule has 5 heteroatoms. The second-order valence-electron chi connectivity index (χ2n) is 2.73. The van der Waals surface area contributed by atoms with Crippen molar-refractivity contribution in [3.05, 3.63) is 28.5 Å². The van der Waals surface area contributed by atoms with E-state index in [1.807, 2.05) is 6.07 Å². The lowest BCUT2D eigenvalue weighted by molar-refractivity contribution is -0.142. The topological polar surface area (TPSA) is 63.0 Å². The Bertz CT molecular complexity index is 412. The Morgan fingerprint density at radius 3 is 2.93 bits per heavy atom. The van der Waals surface area contributed by atoms with Gasteiger partial charge in [0.2, 0.25) is 0 Å². The molecule has 0 amide bonds. The van der Waals surface area contributed by atoms with Crippen molar-refractivity contribution in [2.45, 2.75) is 13.3 Å². The van der Waals surface area contributed by atoms with Crippen LogP contribution in [0.3, 0.4) is 0 Å². The molecule has 1 aromatic heterocycles. The van der Waals surface area contributed by atoms with Crippen LogP contribution in [0.5, 0.6) is 0 Å². The molecule has 0 N–H and O–H groups in total. The zero-order valence-corrected chi connectivity index (χ0v) is 8.91. The van der Waals surface area contributed by atoms with E-state index < -0.39 is 0 Å². The summed E-state index contributed by atoms with van der Waals surface area (Å²) in [5, 5.41) is 8.72.